The van der Waals surface area contributed by atoms with Crippen molar-refractivity contribution in [1.29, 1.82) is 0 Å². The number of nitrogens with one attached hydrogen (secondary N) is 1. The van der Waals surface area contributed by atoms with Crippen LogP contribution < -0.4 is 16.8 Å². The largest absolute Gasteiger partial charge is 0.418 e. The highest BCUT2D eigenvalue weighted by atomic mass is 35.5. The molecule has 1 aromatic heterocycles. The number of hydrogen-bond donors (Lipinski definition) is 3. The number of urea groups is 1. The Bertz CT molecular complexity index is 1650. The van der Waals surface area contributed by atoms with E-state index in [2.05, 4.69) is 16.4 Å². The van der Waals surface area contributed by atoms with E-state index in [-0.39, 0.29) is 41.8 Å². The number of thiazole rings is 1. The lowest BCUT2D eigenvalue weighted by molar-refractivity contribution is -0.137. The highest BCUT2D eigenvalue weighted by molar-refractivity contribution is 7.15. The van der Waals surface area contributed by atoms with Gasteiger partial charge in [0, 0.05) is 75.0 Å². The molecule has 0 bridgehead atoms. The Kier molecular flexibility index (Phi) is 11.6. The van der Waals surface area contributed by atoms with E-state index < -0.39 is 17.4 Å². The van der Waals surface area contributed by atoms with Crippen molar-refractivity contribution < 1.29 is 27.6 Å². The first-order valence-electron chi connectivity index (χ1n) is 16.4. The molecular formula is C34H41ClF3N7O3S. The summed E-state index contributed by atoms with van der Waals surface area (Å²) in [5, 5.41) is 3.58. The third-order valence-electron chi connectivity index (χ3n) is 9.23. The van der Waals surface area contributed by atoms with Gasteiger partial charge in [-0.3, -0.25) is 9.59 Å². The number of hydrogen-bond acceptors (Lipinski definition) is 7. The Balaban J connectivity index is 0.000000281. The van der Waals surface area contributed by atoms with Crippen LogP contribution in [0.1, 0.15) is 59.9 Å². The lowest BCUT2D eigenvalue weighted by Gasteiger charge is -2.38. The number of nitrogens with two attached hydrogens (primary N) is 2. The number of likely N-dealkylation sites (tertiary alicyclic amines) is 1. The summed E-state index contributed by atoms with van der Waals surface area (Å²) in [4.78, 5) is 49.5. The number of amides is 4. The Morgan fingerprint density at radius 3 is 2.31 bits per heavy atom. The molecule has 6 rings (SSSR count). The Labute approximate surface area is 292 Å². The zero-order valence-corrected chi connectivity index (χ0v) is 28.9. The van der Waals surface area contributed by atoms with Crippen molar-refractivity contribution in [3.63, 3.8) is 0 Å². The number of aromatic nitrogens is 1. The second-order valence-electron chi connectivity index (χ2n) is 12.3. The number of carbonyl (C=O) groups is 3. The minimum Gasteiger partial charge on any atom is -0.397 e. The van der Waals surface area contributed by atoms with E-state index in [9.17, 15) is 27.6 Å². The number of alkyl halides is 3. The lowest BCUT2D eigenvalue weighted by Crippen LogP contribution is -2.50. The zero-order valence-electron chi connectivity index (χ0n) is 27.3. The van der Waals surface area contributed by atoms with Gasteiger partial charge < -0.3 is 31.5 Å². The van der Waals surface area contributed by atoms with E-state index >= 15 is 0 Å². The van der Waals surface area contributed by atoms with Crippen LogP contribution in [0.15, 0.2) is 36.4 Å². The smallest absolute Gasteiger partial charge is 0.397 e. The molecule has 10 nitrogen and oxygen atoms in total. The summed E-state index contributed by atoms with van der Waals surface area (Å²) in [6.07, 6.45) is 0.326. The fourth-order valence-electron chi connectivity index (χ4n) is 6.44. The monoisotopic (exact) mass is 719 g/mol. The molecule has 264 valence electrons. The number of aryl methyl sites for hydroxylation is 1. The molecule has 0 radical (unpaired) electrons. The Morgan fingerprint density at radius 1 is 0.980 bits per heavy atom. The number of benzene rings is 2. The van der Waals surface area contributed by atoms with Gasteiger partial charge in [0.2, 0.25) is 11.8 Å². The van der Waals surface area contributed by atoms with Crippen molar-refractivity contribution in [3.8, 4) is 0 Å². The maximum atomic E-state index is 12.8. The highest BCUT2D eigenvalue weighted by Crippen LogP contribution is 2.38. The minimum absolute atomic E-state index is 0.0212. The summed E-state index contributed by atoms with van der Waals surface area (Å²) in [5.41, 5.74) is 13.3. The number of fused-ring (bicyclic) bond motifs is 2. The average molecular weight is 720 g/mol. The quantitative estimate of drug-likeness (QED) is 0.276. The third-order valence-corrected chi connectivity index (χ3v) is 10.5. The van der Waals surface area contributed by atoms with Gasteiger partial charge in [0.1, 0.15) is 0 Å². The summed E-state index contributed by atoms with van der Waals surface area (Å²) >= 11 is 7.08. The summed E-state index contributed by atoms with van der Waals surface area (Å²) in [6, 6.07) is 10.5. The molecular weight excluding hydrogens is 679 g/mol. The molecule has 1 saturated heterocycles. The van der Waals surface area contributed by atoms with Gasteiger partial charge in [0.25, 0.3) is 0 Å². The van der Waals surface area contributed by atoms with Crippen LogP contribution in [0.3, 0.4) is 0 Å². The zero-order chi connectivity index (χ0) is 35.3. The van der Waals surface area contributed by atoms with Crippen molar-refractivity contribution in [1.82, 2.24) is 19.7 Å². The fourth-order valence-corrected chi connectivity index (χ4v) is 7.55. The highest BCUT2D eigenvalue weighted by Gasteiger charge is 2.34. The van der Waals surface area contributed by atoms with Crippen molar-refractivity contribution >= 4 is 57.3 Å². The summed E-state index contributed by atoms with van der Waals surface area (Å²) in [7, 11) is 0. The number of nitrogen functional groups attached to an aromatic ring is 2. The topological polar surface area (TPSA) is 138 Å². The normalized spacial score (nSPS) is 16.8. The number of piperidine rings is 1. The maximum Gasteiger partial charge on any atom is 0.418 e. The van der Waals surface area contributed by atoms with Crippen LogP contribution in [-0.4, -0.2) is 76.3 Å². The first-order chi connectivity index (χ1) is 23.3. The predicted octanol–water partition coefficient (Wildman–Crippen LogP) is 6.02. The van der Waals surface area contributed by atoms with Crippen molar-refractivity contribution in [2.24, 2.45) is 0 Å². The van der Waals surface area contributed by atoms with Gasteiger partial charge in [-0.2, -0.15) is 13.2 Å². The standard InChI is InChI=1S/C25H32N6O3S.C9H9ClF3N/c26-24-27-20-10-14-30(15-11-21(20)35-24)23(33)6-5-22(32)29-12-8-18(9-13-29)31-16-7-17-3-1-2-4-19(17)28-25(31)34;1-2-5-3-6(9(11,12)13)8(14)7(10)4-5/h1-4,18H,5-16H2,(H2,26,27)(H,28,34);3-4H,2,14H2,1H3. The van der Waals surface area contributed by atoms with E-state index in [1.807, 2.05) is 32.9 Å². The molecule has 49 heavy (non-hydrogen) atoms. The number of para-hydroxylation sites is 1. The Hall–Kier alpha value is -4.04. The number of nitrogens with zero attached hydrogens (tertiary/aromatic N) is 4. The van der Waals surface area contributed by atoms with E-state index in [1.54, 1.807) is 6.92 Å². The summed E-state index contributed by atoms with van der Waals surface area (Å²) < 4.78 is 37.2. The molecule has 0 spiro atoms. The molecule has 4 heterocycles. The van der Waals surface area contributed by atoms with Crippen molar-refractivity contribution in [2.45, 2.75) is 70.5 Å². The van der Waals surface area contributed by atoms with Crippen LogP contribution in [0, 0.1) is 0 Å². The van der Waals surface area contributed by atoms with Crippen molar-refractivity contribution in [2.75, 3.05) is 49.5 Å². The molecule has 15 heteroatoms. The van der Waals surface area contributed by atoms with Crippen molar-refractivity contribution in [3.05, 3.63) is 68.7 Å². The predicted molar refractivity (Wildman–Crippen MR) is 185 cm³/mol. The molecule has 2 aromatic carbocycles. The van der Waals surface area contributed by atoms with Crippen LogP contribution in [-0.2, 0) is 41.4 Å². The first-order valence-corrected chi connectivity index (χ1v) is 17.6. The minimum atomic E-state index is -4.45. The Morgan fingerprint density at radius 2 is 1.63 bits per heavy atom. The molecule has 0 aliphatic carbocycles. The van der Waals surface area contributed by atoms with E-state index in [0.29, 0.717) is 56.3 Å². The summed E-state index contributed by atoms with van der Waals surface area (Å²) in [6.45, 7) is 4.94. The van der Waals surface area contributed by atoms with E-state index in [1.165, 1.54) is 22.3 Å². The van der Waals surface area contributed by atoms with Gasteiger partial charge in [-0.15, -0.1) is 11.3 Å². The molecule has 1 fully saturated rings. The number of halogens is 4. The number of rotatable bonds is 5. The summed E-state index contributed by atoms with van der Waals surface area (Å²) in [5.74, 6) is 0.0464. The van der Waals surface area contributed by atoms with Gasteiger partial charge in [0.05, 0.1) is 22.0 Å². The molecule has 3 aliphatic heterocycles. The fraction of sp³-hybridized carbons (Fsp3) is 0.471. The number of carbonyl (C=O) groups excluding carboxylic acids is 3. The second-order valence-corrected chi connectivity index (χ2v) is 13.9. The van der Waals surface area contributed by atoms with Crippen LogP contribution in [0.2, 0.25) is 5.02 Å². The molecule has 0 atom stereocenters. The maximum absolute atomic E-state index is 12.8. The van der Waals surface area contributed by atoms with E-state index in [0.717, 1.165) is 48.7 Å². The molecule has 3 aliphatic rings. The molecule has 5 N–H and O–H groups in total. The van der Waals surface area contributed by atoms with Gasteiger partial charge in [-0.1, -0.05) is 36.7 Å². The molecule has 3 aromatic rings. The van der Waals surface area contributed by atoms with Crippen LogP contribution in [0.5, 0.6) is 0 Å². The molecule has 4 amide bonds. The van der Waals surface area contributed by atoms with Gasteiger partial charge >= 0.3 is 12.2 Å². The number of anilines is 3. The first kappa shape index (κ1) is 36.2. The van der Waals surface area contributed by atoms with Crippen LogP contribution >= 0.6 is 22.9 Å². The van der Waals surface area contributed by atoms with Gasteiger partial charge in [-0.05, 0) is 55.0 Å². The third kappa shape index (κ3) is 8.96. The lowest BCUT2D eigenvalue weighted by atomic mass is 10.0. The second kappa shape index (κ2) is 15.7. The average Bonchev–Trinajstić information content (AvgIpc) is 3.20. The SMILES string of the molecule is CCc1cc(Cl)c(N)c(C(F)(F)F)c1.Nc1nc2c(s1)CCN(C(=O)CCC(=O)N1CCC(N3CCc4ccccc4NC3=O)CC1)CC2. The van der Waals surface area contributed by atoms with Gasteiger partial charge in [0.15, 0.2) is 5.13 Å². The van der Waals surface area contributed by atoms with E-state index in [4.69, 9.17) is 23.1 Å². The van der Waals surface area contributed by atoms with Crippen LogP contribution in [0.4, 0.5) is 34.5 Å². The molecule has 0 saturated carbocycles. The van der Waals surface area contributed by atoms with Crippen LogP contribution in [0.25, 0.3) is 0 Å². The van der Waals surface area contributed by atoms with Gasteiger partial charge in [-0.25, -0.2) is 9.78 Å². The molecule has 0 unspecified atom stereocenters.